The lowest BCUT2D eigenvalue weighted by Crippen LogP contribution is -2.35. The van der Waals surface area contributed by atoms with Gasteiger partial charge in [-0.15, -0.1) is 12.4 Å². The molecule has 0 fully saturated rings. The molecule has 0 saturated carbocycles. The minimum Gasteiger partial charge on any atom is -0.343 e. The molecule has 1 rings (SSSR count). The van der Waals surface area contributed by atoms with Gasteiger partial charge < -0.3 is 15.5 Å². The van der Waals surface area contributed by atoms with Crippen LogP contribution in [0.1, 0.15) is 38.7 Å². The number of nitrogens with zero attached hydrogens (tertiary/aromatic N) is 2. The second kappa shape index (κ2) is 12.8. The zero-order valence-electron chi connectivity index (χ0n) is 14.7. The lowest BCUT2D eigenvalue weighted by Gasteiger charge is -2.24. The quantitative estimate of drug-likeness (QED) is 0.701. The third kappa shape index (κ3) is 7.79. The topological polar surface area (TPSA) is 66.6 Å². The van der Waals surface area contributed by atoms with Gasteiger partial charge in [0, 0.05) is 39.0 Å². The van der Waals surface area contributed by atoms with Crippen molar-refractivity contribution < 1.29 is 9.59 Å². The summed E-state index contributed by atoms with van der Waals surface area (Å²) in [6.07, 6.45) is 1.30. The lowest BCUT2D eigenvalue weighted by molar-refractivity contribution is -0.137. The van der Waals surface area contributed by atoms with Gasteiger partial charge in [0.2, 0.25) is 11.8 Å². The van der Waals surface area contributed by atoms with Gasteiger partial charge >= 0.3 is 0 Å². The molecule has 5 nitrogen and oxygen atoms in total. The second-order valence-electron chi connectivity index (χ2n) is 5.51. The van der Waals surface area contributed by atoms with Crippen LogP contribution in [-0.4, -0.2) is 47.8 Å². The summed E-state index contributed by atoms with van der Waals surface area (Å²) in [5.41, 5.74) is 6.66. The Bertz CT molecular complexity index is 478. The Morgan fingerprint density at radius 3 is 2.00 bits per heavy atom. The van der Waals surface area contributed by atoms with Crippen LogP contribution in [0.2, 0.25) is 0 Å². The largest absolute Gasteiger partial charge is 0.343 e. The summed E-state index contributed by atoms with van der Waals surface area (Å²) >= 11 is 0. The molecule has 0 aliphatic carbocycles. The highest BCUT2D eigenvalue weighted by molar-refractivity contribution is 5.85. The molecule has 0 bridgehead atoms. The van der Waals surface area contributed by atoms with E-state index in [1.54, 1.807) is 9.80 Å². The summed E-state index contributed by atoms with van der Waals surface area (Å²) in [6.45, 7) is 7.02. The minimum absolute atomic E-state index is 0. The summed E-state index contributed by atoms with van der Waals surface area (Å²) in [5, 5.41) is 0. The van der Waals surface area contributed by atoms with Crippen LogP contribution < -0.4 is 5.73 Å². The van der Waals surface area contributed by atoms with E-state index in [9.17, 15) is 9.59 Å². The highest BCUT2D eigenvalue weighted by Crippen LogP contribution is 2.09. The number of amides is 2. The fourth-order valence-electron chi connectivity index (χ4n) is 2.48. The van der Waals surface area contributed by atoms with Crippen LogP contribution in [0.15, 0.2) is 30.3 Å². The number of nitrogens with two attached hydrogens (primary N) is 1. The van der Waals surface area contributed by atoms with E-state index in [2.05, 4.69) is 0 Å². The SMILES string of the molecule is CCN(CC)C(=O)CCC(=O)N(CCCN)Cc1ccccc1.Cl. The van der Waals surface area contributed by atoms with E-state index in [0.29, 0.717) is 32.7 Å². The molecule has 2 N–H and O–H groups in total. The van der Waals surface area contributed by atoms with Crippen LogP contribution in [-0.2, 0) is 16.1 Å². The molecule has 1 aromatic rings. The van der Waals surface area contributed by atoms with Crippen LogP contribution in [0.25, 0.3) is 0 Å². The van der Waals surface area contributed by atoms with Crippen molar-refractivity contribution in [2.24, 2.45) is 5.73 Å². The van der Waals surface area contributed by atoms with Gasteiger partial charge in [0.25, 0.3) is 0 Å². The predicted molar refractivity (Wildman–Crippen MR) is 99.9 cm³/mol. The highest BCUT2D eigenvalue weighted by Gasteiger charge is 2.17. The average Bonchev–Trinajstić information content (AvgIpc) is 2.58. The van der Waals surface area contributed by atoms with Gasteiger partial charge in [0.05, 0.1) is 0 Å². The van der Waals surface area contributed by atoms with Crippen LogP contribution in [0.4, 0.5) is 0 Å². The van der Waals surface area contributed by atoms with Gasteiger partial charge in [-0.1, -0.05) is 30.3 Å². The third-order valence-electron chi connectivity index (χ3n) is 3.87. The molecule has 0 aromatic heterocycles. The Labute approximate surface area is 151 Å². The average molecular weight is 356 g/mol. The molecule has 0 atom stereocenters. The van der Waals surface area contributed by atoms with E-state index < -0.39 is 0 Å². The van der Waals surface area contributed by atoms with E-state index in [4.69, 9.17) is 5.73 Å². The van der Waals surface area contributed by atoms with Crippen molar-refractivity contribution in [2.75, 3.05) is 26.2 Å². The van der Waals surface area contributed by atoms with E-state index in [1.807, 2.05) is 44.2 Å². The normalized spacial score (nSPS) is 9.96. The van der Waals surface area contributed by atoms with Crippen LogP contribution in [0.5, 0.6) is 0 Å². The molecule has 0 saturated heterocycles. The number of carbonyl (C=O) groups excluding carboxylic acids is 2. The van der Waals surface area contributed by atoms with Crippen molar-refractivity contribution in [2.45, 2.75) is 39.7 Å². The first-order chi connectivity index (χ1) is 11.1. The molecular formula is C18H30ClN3O2. The Morgan fingerprint density at radius 2 is 1.50 bits per heavy atom. The van der Waals surface area contributed by atoms with Crippen molar-refractivity contribution in [1.29, 1.82) is 0 Å². The van der Waals surface area contributed by atoms with Crippen LogP contribution in [0.3, 0.4) is 0 Å². The van der Waals surface area contributed by atoms with Crippen molar-refractivity contribution >= 4 is 24.2 Å². The number of hydrogen-bond acceptors (Lipinski definition) is 3. The fraction of sp³-hybridized carbons (Fsp3) is 0.556. The van der Waals surface area contributed by atoms with Crippen molar-refractivity contribution in [3.63, 3.8) is 0 Å². The number of benzene rings is 1. The van der Waals surface area contributed by atoms with Gasteiger partial charge in [0.1, 0.15) is 0 Å². The lowest BCUT2D eigenvalue weighted by atomic mass is 10.2. The summed E-state index contributed by atoms with van der Waals surface area (Å²) < 4.78 is 0. The number of hydrogen-bond donors (Lipinski definition) is 1. The first kappa shape index (κ1) is 22.4. The van der Waals surface area contributed by atoms with Gasteiger partial charge in [0.15, 0.2) is 0 Å². The summed E-state index contributed by atoms with van der Waals surface area (Å²) in [4.78, 5) is 28.1. The molecule has 0 radical (unpaired) electrons. The fourth-order valence-corrected chi connectivity index (χ4v) is 2.48. The van der Waals surface area contributed by atoms with E-state index >= 15 is 0 Å². The Hall–Kier alpha value is -1.59. The Kier molecular flexibility index (Phi) is 11.9. The number of rotatable bonds is 10. The molecule has 0 aliphatic heterocycles. The molecular weight excluding hydrogens is 326 g/mol. The number of halogens is 1. The van der Waals surface area contributed by atoms with E-state index in [1.165, 1.54) is 0 Å². The smallest absolute Gasteiger partial charge is 0.223 e. The third-order valence-corrected chi connectivity index (χ3v) is 3.87. The number of carbonyl (C=O) groups is 2. The predicted octanol–water partition coefficient (Wildman–Crippen LogP) is 2.43. The summed E-state index contributed by atoms with van der Waals surface area (Å²) in [7, 11) is 0. The molecule has 6 heteroatoms. The molecule has 136 valence electrons. The van der Waals surface area contributed by atoms with Crippen molar-refractivity contribution in [3.8, 4) is 0 Å². The van der Waals surface area contributed by atoms with Gasteiger partial charge in [-0.3, -0.25) is 9.59 Å². The van der Waals surface area contributed by atoms with Crippen molar-refractivity contribution in [3.05, 3.63) is 35.9 Å². The highest BCUT2D eigenvalue weighted by atomic mass is 35.5. The first-order valence-electron chi connectivity index (χ1n) is 8.41. The summed E-state index contributed by atoms with van der Waals surface area (Å²) in [5.74, 6) is 0.0599. The molecule has 0 spiro atoms. The van der Waals surface area contributed by atoms with Gasteiger partial charge in [-0.25, -0.2) is 0 Å². The van der Waals surface area contributed by atoms with E-state index in [-0.39, 0.29) is 37.1 Å². The van der Waals surface area contributed by atoms with Crippen molar-refractivity contribution in [1.82, 2.24) is 9.80 Å². The molecule has 24 heavy (non-hydrogen) atoms. The molecule has 0 aliphatic rings. The Balaban J connectivity index is 0.00000529. The van der Waals surface area contributed by atoms with Gasteiger partial charge in [-0.2, -0.15) is 0 Å². The maximum atomic E-state index is 12.5. The minimum atomic E-state index is 0. The molecule has 0 unspecified atom stereocenters. The maximum absolute atomic E-state index is 12.5. The second-order valence-corrected chi connectivity index (χ2v) is 5.51. The standard InChI is InChI=1S/C18H29N3O2.ClH/c1-3-20(4-2)17(22)11-12-18(23)21(14-8-13-19)15-16-9-6-5-7-10-16;/h5-7,9-10H,3-4,8,11-15,19H2,1-2H3;1H. The van der Waals surface area contributed by atoms with Crippen LogP contribution in [0, 0.1) is 0 Å². The zero-order valence-corrected chi connectivity index (χ0v) is 15.6. The molecule has 1 aromatic carbocycles. The maximum Gasteiger partial charge on any atom is 0.223 e. The zero-order chi connectivity index (χ0) is 17.1. The first-order valence-corrected chi connectivity index (χ1v) is 8.41. The monoisotopic (exact) mass is 355 g/mol. The van der Waals surface area contributed by atoms with Crippen LogP contribution >= 0.6 is 12.4 Å². The van der Waals surface area contributed by atoms with Gasteiger partial charge in [-0.05, 0) is 32.4 Å². The van der Waals surface area contributed by atoms with E-state index in [0.717, 1.165) is 12.0 Å². The molecule has 2 amide bonds. The molecule has 0 heterocycles. The summed E-state index contributed by atoms with van der Waals surface area (Å²) in [6, 6.07) is 9.89. The Morgan fingerprint density at radius 1 is 0.958 bits per heavy atom.